The van der Waals surface area contributed by atoms with Crippen LogP contribution in [0.25, 0.3) is 0 Å². The summed E-state index contributed by atoms with van der Waals surface area (Å²) in [6.07, 6.45) is 5.54. The summed E-state index contributed by atoms with van der Waals surface area (Å²) in [4.78, 5) is 7.87. The molecule has 1 unspecified atom stereocenters. The Bertz CT molecular complexity index is 848. The zero-order valence-corrected chi connectivity index (χ0v) is 15.2. The summed E-state index contributed by atoms with van der Waals surface area (Å²) < 4.78 is 51.9. The van der Waals surface area contributed by atoms with Crippen molar-refractivity contribution >= 4 is 10.0 Å². The number of hydrogen-bond acceptors (Lipinski definition) is 6. The highest BCUT2D eigenvalue weighted by Gasteiger charge is 2.32. The molecule has 9 heteroatoms. The summed E-state index contributed by atoms with van der Waals surface area (Å²) in [6.45, 7) is 2.57. The number of piperidine rings is 1. The first kappa shape index (κ1) is 18.5. The predicted octanol–water partition coefficient (Wildman–Crippen LogP) is 2.25. The normalized spacial score (nSPS) is 18.5. The van der Waals surface area contributed by atoms with Crippen molar-refractivity contribution in [1.82, 2.24) is 14.3 Å². The molecule has 2 heterocycles. The lowest BCUT2D eigenvalue weighted by molar-refractivity contribution is 0.124. The number of hydrogen-bond donors (Lipinski definition) is 0. The van der Waals surface area contributed by atoms with Crippen molar-refractivity contribution in [1.29, 1.82) is 0 Å². The molecule has 1 atom stereocenters. The molecule has 1 aliphatic rings. The Morgan fingerprint density at radius 2 is 2.19 bits per heavy atom. The lowest BCUT2D eigenvalue weighted by atomic mass is 10.1. The zero-order valence-electron chi connectivity index (χ0n) is 14.3. The third-order valence-corrected chi connectivity index (χ3v) is 5.87. The van der Waals surface area contributed by atoms with Crippen molar-refractivity contribution < 1.29 is 22.3 Å². The van der Waals surface area contributed by atoms with Crippen LogP contribution in [0.1, 0.15) is 19.8 Å². The van der Waals surface area contributed by atoms with Gasteiger partial charge in [-0.15, -0.1) is 0 Å². The lowest BCUT2D eigenvalue weighted by Crippen LogP contribution is -2.44. The quantitative estimate of drug-likeness (QED) is 0.763. The number of aromatic nitrogens is 2. The van der Waals surface area contributed by atoms with E-state index >= 15 is 0 Å². The molecule has 140 valence electrons. The van der Waals surface area contributed by atoms with E-state index in [0.29, 0.717) is 31.9 Å². The molecule has 1 aromatic heterocycles. The molecule has 2 aromatic rings. The maximum Gasteiger partial charge on any atom is 0.243 e. The Hall–Kier alpha value is -2.26. The van der Waals surface area contributed by atoms with E-state index in [1.165, 1.54) is 35.0 Å². The van der Waals surface area contributed by atoms with Crippen LogP contribution in [0.3, 0.4) is 0 Å². The number of halogens is 1. The standard InChI is InChI=1S/C17H20FN3O4S/c1-2-24-16-6-5-14(10-15(16)18)26(22,23)21-9-3-4-13(12-21)25-17-11-19-7-8-20-17/h5-8,10-11,13H,2-4,9,12H2,1H3. The first-order valence-corrected chi connectivity index (χ1v) is 9.80. The third-order valence-electron chi connectivity index (χ3n) is 4.01. The second-order valence-electron chi connectivity index (χ2n) is 5.81. The number of nitrogens with zero attached hydrogens (tertiary/aromatic N) is 3. The summed E-state index contributed by atoms with van der Waals surface area (Å²) in [5, 5.41) is 0. The SMILES string of the molecule is CCOc1ccc(S(=O)(=O)N2CCCC(Oc3cnccn3)C2)cc1F. The molecule has 7 nitrogen and oxygen atoms in total. The molecule has 3 rings (SSSR count). The van der Waals surface area contributed by atoms with E-state index in [-0.39, 0.29) is 23.3 Å². The van der Waals surface area contributed by atoms with E-state index in [0.717, 1.165) is 6.07 Å². The van der Waals surface area contributed by atoms with E-state index in [2.05, 4.69) is 9.97 Å². The van der Waals surface area contributed by atoms with Crippen molar-refractivity contribution in [2.75, 3.05) is 19.7 Å². The Labute approximate surface area is 151 Å². The van der Waals surface area contributed by atoms with E-state index < -0.39 is 15.8 Å². The summed E-state index contributed by atoms with van der Waals surface area (Å²) in [6, 6.07) is 3.69. The van der Waals surface area contributed by atoms with Crippen LogP contribution in [0.15, 0.2) is 41.7 Å². The molecule has 0 aliphatic carbocycles. The average Bonchev–Trinajstić information content (AvgIpc) is 2.64. The molecule has 0 amide bonds. The molecule has 0 bridgehead atoms. The van der Waals surface area contributed by atoms with Gasteiger partial charge in [-0.3, -0.25) is 4.98 Å². The Kier molecular flexibility index (Phi) is 5.67. The Balaban J connectivity index is 1.75. The third kappa shape index (κ3) is 4.10. The number of benzene rings is 1. The Morgan fingerprint density at radius 1 is 1.35 bits per heavy atom. The van der Waals surface area contributed by atoms with Crippen molar-refractivity contribution in [3.63, 3.8) is 0 Å². The summed E-state index contributed by atoms with van der Waals surface area (Å²) >= 11 is 0. The largest absolute Gasteiger partial charge is 0.491 e. The van der Waals surface area contributed by atoms with Crippen molar-refractivity contribution in [2.45, 2.75) is 30.8 Å². The minimum atomic E-state index is -3.82. The number of ether oxygens (including phenoxy) is 2. The highest BCUT2D eigenvalue weighted by atomic mass is 32.2. The fourth-order valence-electron chi connectivity index (χ4n) is 2.80. The van der Waals surface area contributed by atoms with E-state index in [1.807, 2.05) is 0 Å². The fraction of sp³-hybridized carbons (Fsp3) is 0.412. The van der Waals surface area contributed by atoms with Gasteiger partial charge < -0.3 is 9.47 Å². The topological polar surface area (TPSA) is 81.6 Å². The predicted molar refractivity (Wildman–Crippen MR) is 92.0 cm³/mol. The molecule has 0 N–H and O–H groups in total. The molecule has 1 fully saturated rings. The molecule has 26 heavy (non-hydrogen) atoms. The second kappa shape index (κ2) is 7.96. The van der Waals surface area contributed by atoms with Crippen LogP contribution in [0.5, 0.6) is 11.6 Å². The lowest BCUT2D eigenvalue weighted by Gasteiger charge is -2.31. The summed E-state index contributed by atoms with van der Waals surface area (Å²) in [7, 11) is -3.82. The Morgan fingerprint density at radius 3 is 2.88 bits per heavy atom. The van der Waals surface area contributed by atoms with Gasteiger partial charge in [-0.1, -0.05) is 0 Å². The highest BCUT2D eigenvalue weighted by molar-refractivity contribution is 7.89. The van der Waals surface area contributed by atoms with E-state index in [1.54, 1.807) is 6.92 Å². The zero-order chi connectivity index (χ0) is 18.6. The van der Waals surface area contributed by atoms with Gasteiger partial charge in [0.1, 0.15) is 6.10 Å². The molecule has 1 aromatic carbocycles. The highest BCUT2D eigenvalue weighted by Crippen LogP contribution is 2.26. The van der Waals surface area contributed by atoms with Crippen LogP contribution in [0, 0.1) is 5.82 Å². The van der Waals surface area contributed by atoms with Gasteiger partial charge in [-0.2, -0.15) is 4.31 Å². The van der Waals surface area contributed by atoms with Crippen LogP contribution in [0.2, 0.25) is 0 Å². The first-order valence-electron chi connectivity index (χ1n) is 8.36. The van der Waals surface area contributed by atoms with Gasteiger partial charge in [0.2, 0.25) is 15.9 Å². The van der Waals surface area contributed by atoms with Crippen LogP contribution in [-0.4, -0.2) is 48.5 Å². The molecular weight excluding hydrogens is 361 g/mol. The van der Waals surface area contributed by atoms with Gasteiger partial charge in [0.05, 0.1) is 24.2 Å². The van der Waals surface area contributed by atoms with E-state index in [9.17, 15) is 12.8 Å². The maximum atomic E-state index is 14.1. The molecule has 0 radical (unpaired) electrons. The van der Waals surface area contributed by atoms with Gasteiger partial charge >= 0.3 is 0 Å². The van der Waals surface area contributed by atoms with Crippen molar-refractivity contribution in [3.05, 3.63) is 42.6 Å². The molecule has 0 spiro atoms. The maximum absolute atomic E-state index is 14.1. The molecule has 1 aliphatic heterocycles. The first-order chi connectivity index (χ1) is 12.5. The van der Waals surface area contributed by atoms with E-state index in [4.69, 9.17) is 9.47 Å². The molecule has 0 saturated carbocycles. The van der Waals surface area contributed by atoms with Crippen LogP contribution >= 0.6 is 0 Å². The molecule has 1 saturated heterocycles. The minimum Gasteiger partial charge on any atom is -0.491 e. The van der Waals surface area contributed by atoms with Crippen LogP contribution in [0.4, 0.5) is 4.39 Å². The van der Waals surface area contributed by atoms with Crippen LogP contribution < -0.4 is 9.47 Å². The number of rotatable bonds is 6. The van der Waals surface area contributed by atoms with Crippen LogP contribution in [-0.2, 0) is 10.0 Å². The molecular formula is C17H20FN3O4S. The number of sulfonamides is 1. The van der Waals surface area contributed by atoms with Gasteiger partial charge in [-0.05, 0) is 38.0 Å². The van der Waals surface area contributed by atoms with Gasteiger partial charge in [0, 0.05) is 18.9 Å². The summed E-state index contributed by atoms with van der Waals surface area (Å²) in [5.74, 6) is -0.310. The van der Waals surface area contributed by atoms with Crippen molar-refractivity contribution in [3.8, 4) is 11.6 Å². The monoisotopic (exact) mass is 381 g/mol. The average molecular weight is 381 g/mol. The smallest absolute Gasteiger partial charge is 0.243 e. The fourth-order valence-corrected chi connectivity index (χ4v) is 4.32. The van der Waals surface area contributed by atoms with Gasteiger partial charge in [-0.25, -0.2) is 17.8 Å². The second-order valence-corrected chi connectivity index (χ2v) is 7.75. The van der Waals surface area contributed by atoms with Gasteiger partial charge in [0.15, 0.2) is 11.6 Å². The minimum absolute atomic E-state index is 0.0361. The summed E-state index contributed by atoms with van der Waals surface area (Å²) in [5.41, 5.74) is 0. The van der Waals surface area contributed by atoms with Crippen molar-refractivity contribution in [2.24, 2.45) is 0 Å². The van der Waals surface area contributed by atoms with Gasteiger partial charge in [0.25, 0.3) is 0 Å².